The average Bonchev–Trinajstić information content (AvgIpc) is 3.03. The Morgan fingerprint density at radius 2 is 1.64 bits per heavy atom. The summed E-state index contributed by atoms with van der Waals surface area (Å²) in [6.07, 6.45) is 2.02. The molecule has 4 rings (SSSR count). The van der Waals surface area contributed by atoms with E-state index in [2.05, 4.69) is 51.4 Å². The van der Waals surface area contributed by atoms with E-state index in [0.29, 0.717) is 5.92 Å². The Morgan fingerprint density at radius 3 is 2.29 bits per heavy atom. The summed E-state index contributed by atoms with van der Waals surface area (Å²) in [5, 5.41) is 4.64. The molecule has 2 aromatic carbocycles. The molecule has 2 heterocycles. The molecule has 0 spiro atoms. The van der Waals surface area contributed by atoms with Gasteiger partial charge >= 0.3 is 0 Å². The Bertz CT molecular complexity index is 971. The second-order valence-corrected chi connectivity index (χ2v) is 8.33. The summed E-state index contributed by atoms with van der Waals surface area (Å²) in [4.78, 5) is 15.2. The predicted molar refractivity (Wildman–Crippen MR) is 115 cm³/mol. The van der Waals surface area contributed by atoms with E-state index in [-0.39, 0.29) is 5.91 Å². The minimum Gasteiger partial charge on any atom is -0.338 e. The van der Waals surface area contributed by atoms with Gasteiger partial charge in [0.2, 0.25) is 0 Å². The van der Waals surface area contributed by atoms with E-state index in [1.165, 1.54) is 5.56 Å². The Balaban J connectivity index is 1.52. The van der Waals surface area contributed by atoms with Crippen LogP contribution in [0.4, 0.5) is 0 Å². The van der Waals surface area contributed by atoms with Crippen molar-refractivity contribution >= 4 is 21.8 Å². The highest BCUT2D eigenvalue weighted by atomic mass is 79.9. The fourth-order valence-corrected chi connectivity index (χ4v) is 4.35. The van der Waals surface area contributed by atoms with Crippen LogP contribution in [0.25, 0.3) is 5.69 Å². The number of hydrogen-bond acceptors (Lipinski definition) is 2. The maximum atomic E-state index is 13.2. The molecule has 0 aliphatic carbocycles. The summed E-state index contributed by atoms with van der Waals surface area (Å²) in [5.74, 6) is 0.641. The summed E-state index contributed by atoms with van der Waals surface area (Å²) in [5.41, 5.74) is 4.77. The van der Waals surface area contributed by atoms with E-state index >= 15 is 0 Å². The van der Waals surface area contributed by atoms with Crippen molar-refractivity contribution in [1.82, 2.24) is 14.7 Å². The van der Waals surface area contributed by atoms with Crippen molar-refractivity contribution in [1.29, 1.82) is 0 Å². The Hall–Kier alpha value is -2.40. The van der Waals surface area contributed by atoms with Gasteiger partial charge in [0.05, 0.1) is 22.6 Å². The standard InChI is InChI=1S/C23H24BrN3O/c1-16-22(17(2)27(25-16)21-10-8-20(24)9-11-21)23(28)26-14-12-19(13-15-26)18-6-4-3-5-7-18/h3-11,19H,12-15H2,1-2H3. The number of benzene rings is 2. The molecule has 1 amide bonds. The zero-order valence-electron chi connectivity index (χ0n) is 16.2. The number of nitrogens with zero attached hydrogens (tertiary/aromatic N) is 3. The highest BCUT2D eigenvalue weighted by Gasteiger charge is 2.28. The Kier molecular flexibility index (Phi) is 5.36. The normalized spacial score (nSPS) is 15.0. The second-order valence-electron chi connectivity index (χ2n) is 7.41. The number of piperidine rings is 1. The lowest BCUT2D eigenvalue weighted by molar-refractivity contribution is 0.0711. The minimum atomic E-state index is 0.102. The molecule has 0 N–H and O–H groups in total. The van der Waals surface area contributed by atoms with E-state index in [1.54, 1.807) is 0 Å². The monoisotopic (exact) mass is 437 g/mol. The van der Waals surface area contributed by atoms with E-state index in [9.17, 15) is 4.79 Å². The summed E-state index contributed by atoms with van der Waals surface area (Å²) < 4.78 is 2.89. The predicted octanol–water partition coefficient (Wildman–Crippen LogP) is 5.27. The van der Waals surface area contributed by atoms with Crippen molar-refractivity contribution in [2.45, 2.75) is 32.6 Å². The summed E-state index contributed by atoms with van der Waals surface area (Å²) >= 11 is 3.46. The van der Waals surface area contributed by atoms with Gasteiger partial charge in [-0.15, -0.1) is 0 Å². The largest absolute Gasteiger partial charge is 0.338 e. The van der Waals surface area contributed by atoms with Crippen LogP contribution >= 0.6 is 15.9 Å². The Labute approximate surface area is 174 Å². The van der Waals surface area contributed by atoms with Crippen molar-refractivity contribution < 1.29 is 4.79 Å². The van der Waals surface area contributed by atoms with E-state index in [1.807, 2.05) is 47.7 Å². The fourth-order valence-electron chi connectivity index (χ4n) is 4.09. The van der Waals surface area contributed by atoms with Crippen molar-refractivity contribution in [2.24, 2.45) is 0 Å². The molecule has 1 saturated heterocycles. The first-order valence-corrected chi connectivity index (χ1v) is 10.5. The quantitative estimate of drug-likeness (QED) is 0.559. The van der Waals surface area contributed by atoms with Gasteiger partial charge in [-0.3, -0.25) is 4.79 Å². The molecule has 3 aromatic rings. The van der Waals surface area contributed by atoms with Crippen LogP contribution in [0.3, 0.4) is 0 Å². The van der Waals surface area contributed by atoms with Crippen LogP contribution in [-0.4, -0.2) is 33.7 Å². The molecule has 0 saturated carbocycles. The van der Waals surface area contributed by atoms with Crippen LogP contribution in [0, 0.1) is 13.8 Å². The van der Waals surface area contributed by atoms with Crippen molar-refractivity contribution in [3.63, 3.8) is 0 Å². The van der Waals surface area contributed by atoms with Crippen molar-refractivity contribution in [2.75, 3.05) is 13.1 Å². The van der Waals surface area contributed by atoms with Crippen LogP contribution in [0.2, 0.25) is 0 Å². The topological polar surface area (TPSA) is 38.1 Å². The lowest BCUT2D eigenvalue weighted by Crippen LogP contribution is -2.38. The van der Waals surface area contributed by atoms with Crippen molar-refractivity contribution in [3.8, 4) is 5.69 Å². The number of carbonyl (C=O) groups excluding carboxylic acids is 1. The molecule has 0 unspecified atom stereocenters. The highest BCUT2D eigenvalue weighted by molar-refractivity contribution is 9.10. The van der Waals surface area contributed by atoms with Gasteiger partial charge in [-0.05, 0) is 62.4 Å². The number of amides is 1. The average molecular weight is 438 g/mol. The number of hydrogen-bond donors (Lipinski definition) is 0. The SMILES string of the molecule is Cc1nn(-c2ccc(Br)cc2)c(C)c1C(=O)N1CCC(c2ccccc2)CC1. The molecule has 0 radical (unpaired) electrons. The molecule has 1 aliphatic rings. The molecule has 1 aliphatic heterocycles. The maximum Gasteiger partial charge on any atom is 0.257 e. The van der Waals surface area contributed by atoms with Crippen LogP contribution in [0.1, 0.15) is 46.1 Å². The van der Waals surface area contributed by atoms with E-state index < -0.39 is 0 Å². The molecular formula is C23H24BrN3O. The van der Waals surface area contributed by atoms with Gasteiger partial charge in [0.1, 0.15) is 0 Å². The number of aryl methyl sites for hydroxylation is 1. The highest BCUT2D eigenvalue weighted by Crippen LogP contribution is 2.29. The van der Waals surface area contributed by atoms with Crippen LogP contribution in [-0.2, 0) is 0 Å². The molecular weight excluding hydrogens is 414 g/mol. The first-order chi connectivity index (χ1) is 13.5. The van der Waals surface area contributed by atoms with Gasteiger partial charge in [-0.2, -0.15) is 5.10 Å². The van der Waals surface area contributed by atoms with E-state index in [4.69, 9.17) is 0 Å². The molecule has 4 nitrogen and oxygen atoms in total. The zero-order valence-corrected chi connectivity index (χ0v) is 17.8. The minimum absolute atomic E-state index is 0.102. The van der Waals surface area contributed by atoms with Crippen LogP contribution in [0.5, 0.6) is 0 Å². The van der Waals surface area contributed by atoms with Gasteiger partial charge < -0.3 is 4.90 Å². The van der Waals surface area contributed by atoms with Crippen LogP contribution in [0.15, 0.2) is 59.1 Å². The zero-order chi connectivity index (χ0) is 19.7. The first kappa shape index (κ1) is 18.9. The number of likely N-dealkylation sites (tertiary alicyclic amines) is 1. The third-order valence-electron chi connectivity index (χ3n) is 5.63. The summed E-state index contributed by atoms with van der Waals surface area (Å²) in [6, 6.07) is 18.6. The first-order valence-electron chi connectivity index (χ1n) is 9.71. The van der Waals surface area contributed by atoms with Gasteiger partial charge in [-0.1, -0.05) is 46.3 Å². The molecule has 1 aromatic heterocycles. The van der Waals surface area contributed by atoms with Gasteiger partial charge in [0.25, 0.3) is 5.91 Å². The lowest BCUT2D eigenvalue weighted by atomic mass is 9.89. The molecule has 1 fully saturated rings. The van der Waals surface area contributed by atoms with Crippen LogP contribution < -0.4 is 0 Å². The lowest BCUT2D eigenvalue weighted by Gasteiger charge is -2.32. The third-order valence-corrected chi connectivity index (χ3v) is 6.16. The smallest absolute Gasteiger partial charge is 0.257 e. The number of rotatable bonds is 3. The molecule has 5 heteroatoms. The number of halogens is 1. The van der Waals surface area contributed by atoms with Crippen molar-refractivity contribution in [3.05, 3.63) is 81.6 Å². The molecule has 0 atom stereocenters. The molecule has 0 bridgehead atoms. The third kappa shape index (κ3) is 3.63. The molecule has 144 valence electrons. The summed E-state index contributed by atoms with van der Waals surface area (Å²) in [7, 11) is 0. The number of aromatic nitrogens is 2. The Morgan fingerprint density at radius 1 is 1.00 bits per heavy atom. The van der Waals surface area contributed by atoms with E-state index in [0.717, 1.165) is 53.0 Å². The van der Waals surface area contributed by atoms with Gasteiger partial charge in [0, 0.05) is 17.6 Å². The molecule has 28 heavy (non-hydrogen) atoms. The summed E-state index contributed by atoms with van der Waals surface area (Å²) in [6.45, 7) is 5.49. The number of carbonyl (C=O) groups is 1. The second kappa shape index (κ2) is 7.92. The maximum absolute atomic E-state index is 13.2. The van der Waals surface area contributed by atoms with Gasteiger partial charge in [-0.25, -0.2) is 4.68 Å². The fraction of sp³-hybridized carbons (Fsp3) is 0.304. The van der Waals surface area contributed by atoms with Gasteiger partial charge in [0.15, 0.2) is 0 Å².